The van der Waals surface area contributed by atoms with Crippen LogP contribution in [0.25, 0.3) is 0 Å². The fourth-order valence-corrected chi connectivity index (χ4v) is 1.85. The van der Waals surface area contributed by atoms with Gasteiger partial charge in [0.2, 0.25) is 0 Å². The number of nitrogens with two attached hydrogens (primary N) is 1. The topological polar surface area (TPSA) is 38.0 Å². The van der Waals surface area contributed by atoms with Crippen LogP contribution in [-0.2, 0) is 0 Å². The van der Waals surface area contributed by atoms with E-state index < -0.39 is 0 Å². The van der Waals surface area contributed by atoms with Gasteiger partial charge in [-0.2, -0.15) is 0 Å². The molecule has 76 valence electrons. The van der Waals surface area contributed by atoms with Gasteiger partial charge in [-0.15, -0.1) is 0 Å². The van der Waals surface area contributed by atoms with E-state index >= 15 is 0 Å². The number of hydrogen-bond acceptors (Lipinski definition) is 2. The average molecular weight is 255 g/mol. The number of halogens is 1. The van der Waals surface area contributed by atoms with Gasteiger partial charge in [-0.1, -0.05) is 28.1 Å². The molecule has 3 heteroatoms. The Morgan fingerprint density at radius 1 is 1.50 bits per heavy atom. The van der Waals surface area contributed by atoms with Crippen molar-refractivity contribution < 1.29 is 0 Å². The van der Waals surface area contributed by atoms with Crippen LogP contribution in [0.3, 0.4) is 0 Å². The van der Waals surface area contributed by atoms with Crippen LogP contribution in [0.2, 0.25) is 0 Å². The molecule has 0 aromatic heterocycles. The third-order valence-electron chi connectivity index (χ3n) is 2.48. The summed E-state index contributed by atoms with van der Waals surface area (Å²) in [6, 6.07) is 9.03. The summed E-state index contributed by atoms with van der Waals surface area (Å²) < 4.78 is 1.09. The number of rotatable bonds is 4. The van der Waals surface area contributed by atoms with Gasteiger partial charge in [-0.25, -0.2) is 0 Å². The first-order valence-corrected chi connectivity index (χ1v) is 5.79. The third-order valence-corrected chi connectivity index (χ3v) is 2.97. The summed E-state index contributed by atoms with van der Waals surface area (Å²) in [5.41, 5.74) is 7.24. The number of hydrogen-bond donors (Lipinski definition) is 2. The van der Waals surface area contributed by atoms with E-state index in [-0.39, 0.29) is 6.04 Å². The number of benzene rings is 1. The largest absolute Gasteiger partial charge is 0.323 e. The molecule has 2 nitrogen and oxygen atoms in total. The Morgan fingerprint density at radius 3 is 2.93 bits per heavy atom. The molecular formula is C11H15BrN2. The molecule has 0 aliphatic heterocycles. The predicted octanol–water partition coefficient (Wildman–Crippen LogP) is 2.20. The molecule has 1 aliphatic carbocycles. The normalized spacial score (nSPS) is 18.1. The molecule has 0 bridgehead atoms. The van der Waals surface area contributed by atoms with Crippen molar-refractivity contribution in [1.82, 2.24) is 5.32 Å². The molecule has 2 rings (SSSR count). The van der Waals surface area contributed by atoms with Crippen molar-refractivity contribution in [2.75, 3.05) is 6.54 Å². The first kappa shape index (κ1) is 10.1. The molecule has 3 N–H and O–H groups in total. The highest BCUT2D eigenvalue weighted by atomic mass is 79.9. The zero-order chi connectivity index (χ0) is 9.97. The smallest absolute Gasteiger partial charge is 0.0422 e. The van der Waals surface area contributed by atoms with Gasteiger partial charge < -0.3 is 11.1 Å². The van der Waals surface area contributed by atoms with E-state index in [1.54, 1.807) is 0 Å². The molecule has 1 aromatic carbocycles. The van der Waals surface area contributed by atoms with Crippen molar-refractivity contribution in [3.05, 3.63) is 34.3 Å². The van der Waals surface area contributed by atoms with Crippen molar-refractivity contribution in [3.8, 4) is 0 Å². The lowest BCUT2D eigenvalue weighted by Gasteiger charge is -2.12. The highest BCUT2D eigenvalue weighted by Crippen LogP contribution is 2.20. The Hall–Kier alpha value is -0.380. The van der Waals surface area contributed by atoms with Gasteiger partial charge in [0.15, 0.2) is 0 Å². The van der Waals surface area contributed by atoms with Crippen LogP contribution in [0.1, 0.15) is 24.4 Å². The monoisotopic (exact) mass is 254 g/mol. The first-order chi connectivity index (χ1) is 6.75. The fourth-order valence-electron chi connectivity index (χ4n) is 1.44. The summed E-state index contributed by atoms with van der Waals surface area (Å²) in [5.74, 6) is 0. The van der Waals surface area contributed by atoms with E-state index in [1.165, 1.54) is 18.4 Å². The summed E-state index contributed by atoms with van der Waals surface area (Å²) in [5, 5.41) is 3.43. The van der Waals surface area contributed by atoms with Gasteiger partial charge in [-0.3, -0.25) is 0 Å². The zero-order valence-corrected chi connectivity index (χ0v) is 9.63. The maximum absolute atomic E-state index is 6.06. The Labute approximate surface area is 93.0 Å². The minimum Gasteiger partial charge on any atom is -0.323 e. The lowest BCUT2D eigenvalue weighted by atomic mass is 10.1. The van der Waals surface area contributed by atoms with E-state index in [2.05, 4.69) is 33.4 Å². The second-order valence-corrected chi connectivity index (χ2v) is 4.76. The van der Waals surface area contributed by atoms with Crippen LogP contribution in [0.15, 0.2) is 28.7 Å². The summed E-state index contributed by atoms with van der Waals surface area (Å²) >= 11 is 3.45. The Bertz CT molecular complexity index is 310. The highest BCUT2D eigenvalue weighted by molar-refractivity contribution is 9.10. The van der Waals surface area contributed by atoms with Crippen molar-refractivity contribution in [1.29, 1.82) is 0 Å². The quantitative estimate of drug-likeness (QED) is 0.865. The van der Waals surface area contributed by atoms with Crippen molar-refractivity contribution in [2.24, 2.45) is 5.73 Å². The average Bonchev–Trinajstić information content (AvgIpc) is 2.97. The van der Waals surface area contributed by atoms with Crippen LogP contribution in [0.5, 0.6) is 0 Å². The maximum atomic E-state index is 6.06. The van der Waals surface area contributed by atoms with Crippen molar-refractivity contribution in [2.45, 2.75) is 24.9 Å². The lowest BCUT2D eigenvalue weighted by Crippen LogP contribution is -2.28. The molecule has 1 aromatic rings. The zero-order valence-electron chi connectivity index (χ0n) is 8.04. The minimum atomic E-state index is 0.105. The Balaban J connectivity index is 1.91. The third kappa shape index (κ3) is 2.80. The summed E-state index contributed by atoms with van der Waals surface area (Å²) in [6.07, 6.45) is 2.62. The van der Waals surface area contributed by atoms with E-state index in [9.17, 15) is 0 Å². The predicted molar refractivity (Wildman–Crippen MR) is 62.1 cm³/mol. The molecule has 14 heavy (non-hydrogen) atoms. The van der Waals surface area contributed by atoms with E-state index in [0.29, 0.717) is 0 Å². The molecule has 0 amide bonds. The molecular weight excluding hydrogens is 240 g/mol. The molecule has 1 aliphatic rings. The standard InChI is InChI=1S/C11H15BrN2/c12-9-3-1-2-8(6-9)11(13)7-14-10-4-5-10/h1-3,6,10-11,14H,4-5,7,13H2. The van der Waals surface area contributed by atoms with E-state index in [0.717, 1.165) is 17.1 Å². The van der Waals surface area contributed by atoms with Gasteiger partial charge in [0.25, 0.3) is 0 Å². The lowest BCUT2D eigenvalue weighted by molar-refractivity contribution is 0.595. The van der Waals surface area contributed by atoms with Gasteiger partial charge in [0.05, 0.1) is 0 Å². The summed E-state index contributed by atoms with van der Waals surface area (Å²) in [6.45, 7) is 0.876. The Morgan fingerprint density at radius 2 is 2.29 bits per heavy atom. The van der Waals surface area contributed by atoms with Crippen LogP contribution in [-0.4, -0.2) is 12.6 Å². The highest BCUT2D eigenvalue weighted by Gasteiger charge is 2.21. The van der Waals surface area contributed by atoms with Gasteiger partial charge in [0, 0.05) is 23.1 Å². The molecule has 0 radical (unpaired) electrons. The van der Waals surface area contributed by atoms with Crippen molar-refractivity contribution >= 4 is 15.9 Å². The molecule has 1 fully saturated rings. The van der Waals surface area contributed by atoms with Crippen LogP contribution in [0.4, 0.5) is 0 Å². The number of nitrogens with one attached hydrogen (secondary N) is 1. The molecule has 0 heterocycles. The van der Waals surface area contributed by atoms with Gasteiger partial charge in [-0.05, 0) is 30.5 Å². The minimum absolute atomic E-state index is 0.105. The maximum Gasteiger partial charge on any atom is 0.0422 e. The second kappa shape index (κ2) is 4.43. The summed E-state index contributed by atoms with van der Waals surface area (Å²) in [7, 11) is 0. The first-order valence-electron chi connectivity index (χ1n) is 5.00. The summed E-state index contributed by atoms with van der Waals surface area (Å²) in [4.78, 5) is 0. The van der Waals surface area contributed by atoms with Crippen LogP contribution < -0.4 is 11.1 Å². The molecule has 0 spiro atoms. The van der Waals surface area contributed by atoms with Gasteiger partial charge >= 0.3 is 0 Å². The van der Waals surface area contributed by atoms with Crippen LogP contribution in [0, 0.1) is 0 Å². The van der Waals surface area contributed by atoms with Crippen molar-refractivity contribution in [3.63, 3.8) is 0 Å². The fraction of sp³-hybridized carbons (Fsp3) is 0.455. The van der Waals surface area contributed by atoms with E-state index in [4.69, 9.17) is 5.73 Å². The van der Waals surface area contributed by atoms with Gasteiger partial charge in [0.1, 0.15) is 0 Å². The molecule has 1 unspecified atom stereocenters. The van der Waals surface area contributed by atoms with E-state index in [1.807, 2.05) is 12.1 Å². The molecule has 1 atom stereocenters. The SMILES string of the molecule is NC(CNC1CC1)c1cccc(Br)c1. The molecule has 1 saturated carbocycles. The second-order valence-electron chi connectivity index (χ2n) is 3.84. The Kier molecular flexibility index (Phi) is 3.21. The molecule has 0 saturated heterocycles. The van der Waals surface area contributed by atoms with Crippen LogP contribution >= 0.6 is 15.9 Å².